The molecule has 0 spiro atoms. The summed E-state index contributed by atoms with van der Waals surface area (Å²) in [6, 6.07) is 8.78. The quantitative estimate of drug-likeness (QED) is 0.645. The first-order chi connectivity index (χ1) is 14.0. The molecule has 2 amide bonds. The highest BCUT2D eigenvalue weighted by molar-refractivity contribution is 6.36. The average Bonchev–Trinajstić information content (AvgIpc) is 3.54. The van der Waals surface area contributed by atoms with Gasteiger partial charge >= 0.3 is 0 Å². The van der Waals surface area contributed by atoms with Crippen LogP contribution in [0.25, 0.3) is 0 Å². The molecule has 0 unspecified atom stereocenters. The van der Waals surface area contributed by atoms with Crippen LogP contribution in [-0.2, 0) is 9.59 Å². The van der Waals surface area contributed by atoms with Crippen molar-refractivity contribution in [1.82, 2.24) is 9.88 Å². The summed E-state index contributed by atoms with van der Waals surface area (Å²) in [7, 11) is 1.54. The van der Waals surface area contributed by atoms with Gasteiger partial charge in [-0.1, -0.05) is 35.3 Å². The third-order valence-corrected chi connectivity index (χ3v) is 4.87. The molecule has 9 heteroatoms. The van der Waals surface area contributed by atoms with Gasteiger partial charge in [0, 0.05) is 25.2 Å². The lowest BCUT2D eigenvalue weighted by molar-refractivity contribution is -0.134. The highest BCUT2D eigenvalue weighted by Crippen LogP contribution is 2.29. The summed E-state index contributed by atoms with van der Waals surface area (Å²) in [6.07, 6.45) is 3.37. The van der Waals surface area contributed by atoms with Crippen molar-refractivity contribution in [2.75, 3.05) is 25.6 Å². The largest absolute Gasteiger partial charge is 0.493 e. The lowest BCUT2D eigenvalue weighted by Gasteiger charge is -2.22. The summed E-state index contributed by atoms with van der Waals surface area (Å²) in [5.41, 5.74) is 0. The number of rotatable bonds is 9. The molecule has 0 radical (unpaired) electrons. The molecule has 1 aliphatic carbocycles. The number of carbonyl (C=O) groups excluding carboxylic acids is 2. The predicted molar refractivity (Wildman–Crippen MR) is 111 cm³/mol. The van der Waals surface area contributed by atoms with E-state index in [4.69, 9.17) is 32.7 Å². The number of aromatic nitrogens is 1. The molecule has 1 aromatic heterocycles. The van der Waals surface area contributed by atoms with Crippen LogP contribution in [-0.4, -0.2) is 48.0 Å². The minimum Gasteiger partial charge on any atom is -0.493 e. The van der Waals surface area contributed by atoms with Crippen molar-refractivity contribution in [3.8, 4) is 11.5 Å². The number of para-hydroxylation sites is 2. The molecule has 154 valence electrons. The topological polar surface area (TPSA) is 80.8 Å². The Kier molecular flexibility index (Phi) is 7.17. The molecule has 0 bridgehead atoms. The van der Waals surface area contributed by atoms with Gasteiger partial charge in [0.05, 0.1) is 17.2 Å². The van der Waals surface area contributed by atoms with E-state index in [1.165, 1.54) is 12.3 Å². The zero-order chi connectivity index (χ0) is 20.8. The Morgan fingerprint density at radius 2 is 1.97 bits per heavy atom. The maximum atomic E-state index is 12.6. The van der Waals surface area contributed by atoms with E-state index in [9.17, 15) is 9.59 Å². The first kappa shape index (κ1) is 21.2. The van der Waals surface area contributed by atoms with E-state index in [0.717, 1.165) is 12.8 Å². The van der Waals surface area contributed by atoms with Crippen LogP contribution in [0.1, 0.15) is 19.3 Å². The number of pyridine rings is 1. The predicted octanol–water partition coefficient (Wildman–Crippen LogP) is 3.80. The number of methoxy groups -OCH3 is 1. The van der Waals surface area contributed by atoms with Crippen molar-refractivity contribution in [2.45, 2.75) is 25.3 Å². The first-order valence-electron chi connectivity index (χ1n) is 9.14. The van der Waals surface area contributed by atoms with Crippen LogP contribution < -0.4 is 14.8 Å². The molecule has 1 N–H and O–H groups in total. The summed E-state index contributed by atoms with van der Waals surface area (Å²) in [4.78, 5) is 30.6. The number of ether oxygens (including phenoxy) is 2. The smallest absolute Gasteiger partial charge is 0.260 e. The maximum absolute atomic E-state index is 12.6. The molecule has 0 saturated heterocycles. The summed E-state index contributed by atoms with van der Waals surface area (Å²) in [6.45, 7) is 0.166. The third-order valence-electron chi connectivity index (χ3n) is 4.37. The molecule has 0 aliphatic heterocycles. The molecule has 3 rings (SSSR count). The van der Waals surface area contributed by atoms with Crippen LogP contribution in [0.2, 0.25) is 10.0 Å². The SMILES string of the molecule is COc1ccccc1OCC(=O)N(CCC(=O)Nc1ncc(Cl)cc1Cl)C1CC1. The number of benzene rings is 1. The Hall–Kier alpha value is -2.51. The molecule has 2 aromatic rings. The minimum absolute atomic E-state index is 0.122. The molecule has 0 atom stereocenters. The molecule has 1 aliphatic rings. The van der Waals surface area contributed by atoms with E-state index in [-0.39, 0.29) is 48.3 Å². The van der Waals surface area contributed by atoms with Crippen LogP contribution in [0.3, 0.4) is 0 Å². The van der Waals surface area contributed by atoms with E-state index in [0.29, 0.717) is 16.5 Å². The molecule has 1 saturated carbocycles. The standard InChI is InChI=1S/C20H21Cl2N3O4/c1-28-16-4-2-3-5-17(16)29-12-19(27)25(14-6-7-14)9-8-18(26)24-20-15(22)10-13(21)11-23-20/h2-5,10-11,14H,6-9,12H2,1H3,(H,23,24,26). The van der Waals surface area contributed by atoms with Gasteiger partial charge in [-0.3, -0.25) is 9.59 Å². The Balaban J connectivity index is 1.53. The number of nitrogens with one attached hydrogen (secondary N) is 1. The number of nitrogens with zero attached hydrogens (tertiary/aromatic N) is 2. The van der Waals surface area contributed by atoms with Gasteiger partial charge in [0.25, 0.3) is 5.91 Å². The lowest BCUT2D eigenvalue weighted by atomic mass is 10.3. The fourth-order valence-electron chi connectivity index (χ4n) is 2.78. The molecule has 1 fully saturated rings. The molecular formula is C20H21Cl2N3O4. The van der Waals surface area contributed by atoms with Crippen molar-refractivity contribution < 1.29 is 19.1 Å². The number of hydrogen-bond donors (Lipinski definition) is 1. The maximum Gasteiger partial charge on any atom is 0.260 e. The Morgan fingerprint density at radius 1 is 1.24 bits per heavy atom. The Labute approximate surface area is 178 Å². The first-order valence-corrected chi connectivity index (χ1v) is 9.89. The zero-order valence-electron chi connectivity index (χ0n) is 15.9. The van der Waals surface area contributed by atoms with Crippen LogP contribution >= 0.6 is 23.2 Å². The highest BCUT2D eigenvalue weighted by atomic mass is 35.5. The Morgan fingerprint density at radius 3 is 2.62 bits per heavy atom. The van der Waals surface area contributed by atoms with Crippen molar-refractivity contribution in [3.05, 3.63) is 46.6 Å². The second kappa shape index (κ2) is 9.80. The van der Waals surface area contributed by atoms with Gasteiger partial charge < -0.3 is 19.7 Å². The van der Waals surface area contributed by atoms with Crippen LogP contribution in [0.5, 0.6) is 11.5 Å². The number of hydrogen-bond acceptors (Lipinski definition) is 5. The summed E-state index contributed by atoms with van der Waals surface area (Å²) >= 11 is 11.8. The van der Waals surface area contributed by atoms with Gasteiger partial charge in [-0.05, 0) is 31.0 Å². The van der Waals surface area contributed by atoms with Gasteiger partial charge in [0.1, 0.15) is 0 Å². The van der Waals surface area contributed by atoms with Crippen molar-refractivity contribution >= 4 is 40.8 Å². The molecule has 1 aromatic carbocycles. The zero-order valence-corrected chi connectivity index (χ0v) is 17.4. The van der Waals surface area contributed by atoms with Crippen LogP contribution in [0.4, 0.5) is 5.82 Å². The number of anilines is 1. The van der Waals surface area contributed by atoms with Crippen LogP contribution in [0.15, 0.2) is 36.5 Å². The minimum atomic E-state index is -0.286. The van der Waals surface area contributed by atoms with E-state index >= 15 is 0 Å². The van der Waals surface area contributed by atoms with Gasteiger partial charge in [0.15, 0.2) is 23.9 Å². The van der Waals surface area contributed by atoms with Crippen molar-refractivity contribution in [2.24, 2.45) is 0 Å². The molecule has 29 heavy (non-hydrogen) atoms. The number of carbonyl (C=O) groups is 2. The monoisotopic (exact) mass is 437 g/mol. The van der Waals surface area contributed by atoms with E-state index in [1.54, 1.807) is 30.2 Å². The van der Waals surface area contributed by atoms with Crippen molar-refractivity contribution in [1.29, 1.82) is 0 Å². The van der Waals surface area contributed by atoms with Gasteiger partial charge in [-0.25, -0.2) is 4.98 Å². The van der Waals surface area contributed by atoms with Gasteiger partial charge in [0.2, 0.25) is 5.91 Å². The Bertz CT molecular complexity index is 890. The van der Waals surface area contributed by atoms with E-state index in [1.807, 2.05) is 6.07 Å². The lowest BCUT2D eigenvalue weighted by Crippen LogP contribution is -2.38. The van der Waals surface area contributed by atoms with Crippen LogP contribution in [0, 0.1) is 0 Å². The fourth-order valence-corrected chi connectivity index (χ4v) is 3.21. The normalized spacial score (nSPS) is 12.9. The summed E-state index contributed by atoms with van der Waals surface area (Å²) in [5, 5.41) is 3.28. The number of amides is 2. The summed E-state index contributed by atoms with van der Waals surface area (Å²) < 4.78 is 10.8. The number of halogens is 2. The van der Waals surface area contributed by atoms with Crippen molar-refractivity contribution in [3.63, 3.8) is 0 Å². The fraction of sp³-hybridized carbons (Fsp3) is 0.350. The molecular weight excluding hydrogens is 417 g/mol. The van der Waals surface area contributed by atoms with E-state index in [2.05, 4.69) is 10.3 Å². The van der Waals surface area contributed by atoms with Gasteiger partial charge in [-0.15, -0.1) is 0 Å². The van der Waals surface area contributed by atoms with Gasteiger partial charge in [-0.2, -0.15) is 0 Å². The second-order valence-electron chi connectivity index (χ2n) is 6.54. The average molecular weight is 438 g/mol. The molecule has 1 heterocycles. The molecule has 7 nitrogen and oxygen atoms in total. The second-order valence-corrected chi connectivity index (χ2v) is 7.38. The highest BCUT2D eigenvalue weighted by Gasteiger charge is 2.33. The van der Waals surface area contributed by atoms with E-state index < -0.39 is 0 Å². The summed E-state index contributed by atoms with van der Waals surface area (Å²) in [5.74, 6) is 0.842. The third kappa shape index (κ3) is 5.98.